The Bertz CT molecular complexity index is 1170. The Labute approximate surface area is 183 Å². The molecule has 0 saturated carbocycles. The smallest absolute Gasteiger partial charge is 0.227 e. The molecule has 0 aliphatic heterocycles. The van der Waals surface area contributed by atoms with Crippen molar-refractivity contribution < 1.29 is 18.7 Å². The average molecular weight is 439 g/mol. The van der Waals surface area contributed by atoms with Gasteiger partial charge in [0.15, 0.2) is 11.4 Å². The molecule has 0 aliphatic carbocycles. The molecular weight excluding hydrogens is 418 g/mol. The van der Waals surface area contributed by atoms with Crippen molar-refractivity contribution in [1.82, 2.24) is 15.1 Å². The molecule has 2 aromatic carbocycles. The minimum atomic E-state index is 0.458. The van der Waals surface area contributed by atoms with Crippen LogP contribution in [0, 0.1) is 6.92 Å². The third-order valence-corrected chi connectivity index (χ3v) is 5.35. The van der Waals surface area contributed by atoms with Gasteiger partial charge in [-0.15, -0.1) is 0 Å². The first-order chi connectivity index (χ1) is 15.1. The van der Waals surface area contributed by atoms with Crippen molar-refractivity contribution in [3.05, 3.63) is 48.3 Å². The van der Waals surface area contributed by atoms with E-state index in [1.165, 1.54) is 11.9 Å². The van der Waals surface area contributed by atoms with Crippen molar-refractivity contribution in [3.63, 3.8) is 0 Å². The molecule has 2 heterocycles. The highest BCUT2D eigenvalue weighted by Crippen LogP contribution is 2.40. The SMILES string of the molecule is COc1cc2c(NSc3c(OC)cccc3OC)noc2cc1Nc1ncc(C)cn1. The van der Waals surface area contributed by atoms with Crippen molar-refractivity contribution in [1.29, 1.82) is 0 Å². The molecule has 160 valence electrons. The van der Waals surface area contributed by atoms with Crippen LogP contribution in [0.3, 0.4) is 0 Å². The molecule has 0 radical (unpaired) electrons. The Hall–Kier alpha value is -3.66. The molecular formula is C21H21N5O4S. The Kier molecular flexibility index (Phi) is 5.99. The van der Waals surface area contributed by atoms with Crippen LogP contribution in [0.2, 0.25) is 0 Å². The number of fused-ring (bicyclic) bond motifs is 1. The summed E-state index contributed by atoms with van der Waals surface area (Å²) in [5, 5.41) is 8.06. The summed E-state index contributed by atoms with van der Waals surface area (Å²) in [7, 11) is 4.82. The van der Waals surface area contributed by atoms with E-state index in [0.717, 1.165) is 15.8 Å². The maximum Gasteiger partial charge on any atom is 0.227 e. The lowest BCUT2D eigenvalue weighted by Gasteiger charge is -2.12. The van der Waals surface area contributed by atoms with Gasteiger partial charge in [0.05, 0.1) is 32.4 Å². The maximum atomic E-state index is 5.55. The highest BCUT2D eigenvalue weighted by molar-refractivity contribution is 8.00. The molecule has 0 unspecified atom stereocenters. The molecule has 2 aromatic heterocycles. The third-order valence-electron chi connectivity index (χ3n) is 4.45. The first-order valence-corrected chi connectivity index (χ1v) is 10.1. The van der Waals surface area contributed by atoms with E-state index in [2.05, 4.69) is 25.2 Å². The van der Waals surface area contributed by atoms with E-state index in [4.69, 9.17) is 18.7 Å². The number of nitrogens with one attached hydrogen (secondary N) is 2. The fourth-order valence-corrected chi connectivity index (χ4v) is 3.75. The summed E-state index contributed by atoms with van der Waals surface area (Å²) in [6.07, 6.45) is 3.47. The number of hydrogen-bond donors (Lipinski definition) is 2. The predicted molar refractivity (Wildman–Crippen MR) is 120 cm³/mol. The zero-order valence-corrected chi connectivity index (χ0v) is 18.2. The van der Waals surface area contributed by atoms with Gasteiger partial charge in [-0.3, -0.25) is 0 Å². The van der Waals surface area contributed by atoms with Crippen LogP contribution < -0.4 is 24.2 Å². The predicted octanol–water partition coefficient (Wildman–Crippen LogP) is 4.81. The lowest BCUT2D eigenvalue weighted by atomic mass is 10.2. The number of anilines is 3. The van der Waals surface area contributed by atoms with Crippen molar-refractivity contribution in [2.24, 2.45) is 0 Å². The van der Waals surface area contributed by atoms with E-state index in [9.17, 15) is 0 Å². The first kappa shape index (κ1) is 20.6. The summed E-state index contributed by atoms with van der Waals surface area (Å²) in [5.41, 5.74) is 2.22. The number of aromatic nitrogens is 3. The average Bonchev–Trinajstić information content (AvgIpc) is 3.19. The van der Waals surface area contributed by atoms with E-state index in [0.29, 0.717) is 40.3 Å². The highest BCUT2D eigenvalue weighted by Gasteiger charge is 2.17. The van der Waals surface area contributed by atoms with Crippen LogP contribution in [0.1, 0.15) is 5.56 Å². The molecule has 10 heteroatoms. The third kappa shape index (κ3) is 4.29. The van der Waals surface area contributed by atoms with Crippen molar-refractivity contribution in [2.45, 2.75) is 11.8 Å². The molecule has 0 fully saturated rings. The van der Waals surface area contributed by atoms with Gasteiger partial charge < -0.3 is 28.8 Å². The summed E-state index contributed by atoms with van der Waals surface area (Å²) < 4.78 is 25.2. The monoisotopic (exact) mass is 439 g/mol. The molecule has 0 bridgehead atoms. The largest absolute Gasteiger partial charge is 0.495 e. The quantitative estimate of drug-likeness (QED) is 0.372. The maximum absolute atomic E-state index is 5.55. The zero-order chi connectivity index (χ0) is 21.8. The van der Waals surface area contributed by atoms with Crippen molar-refractivity contribution >= 4 is 40.4 Å². The number of benzene rings is 2. The Morgan fingerprint density at radius 3 is 2.26 bits per heavy atom. The molecule has 0 amide bonds. The van der Waals surface area contributed by atoms with E-state index in [-0.39, 0.29) is 0 Å². The van der Waals surface area contributed by atoms with Crippen molar-refractivity contribution in [3.8, 4) is 17.2 Å². The second kappa shape index (κ2) is 9.00. The second-order valence-electron chi connectivity index (χ2n) is 6.48. The van der Waals surface area contributed by atoms with E-state index >= 15 is 0 Å². The van der Waals surface area contributed by atoms with E-state index in [1.54, 1.807) is 39.8 Å². The lowest BCUT2D eigenvalue weighted by Crippen LogP contribution is -1.99. The number of aryl methyl sites for hydroxylation is 1. The minimum absolute atomic E-state index is 0.458. The summed E-state index contributed by atoms with van der Waals surface area (Å²) in [6, 6.07) is 9.22. The van der Waals surface area contributed by atoms with Gasteiger partial charge in [0.25, 0.3) is 0 Å². The molecule has 9 nitrogen and oxygen atoms in total. The highest BCUT2D eigenvalue weighted by atomic mass is 32.2. The number of nitrogens with zero attached hydrogens (tertiary/aromatic N) is 3. The molecule has 0 spiro atoms. The van der Waals surface area contributed by atoms with Crippen LogP contribution in [0.5, 0.6) is 17.2 Å². The number of methoxy groups -OCH3 is 3. The van der Waals surface area contributed by atoms with Gasteiger partial charge in [-0.25, -0.2) is 9.97 Å². The summed E-state index contributed by atoms with van der Waals surface area (Å²) in [4.78, 5) is 9.33. The molecule has 0 aliphatic rings. The van der Waals surface area contributed by atoms with E-state index < -0.39 is 0 Å². The number of ether oxygens (including phenoxy) is 3. The summed E-state index contributed by atoms with van der Waals surface area (Å²) >= 11 is 1.32. The van der Waals surface area contributed by atoms with Gasteiger partial charge in [0.1, 0.15) is 22.1 Å². The van der Waals surface area contributed by atoms with Crippen LogP contribution >= 0.6 is 11.9 Å². The molecule has 4 aromatic rings. The zero-order valence-electron chi connectivity index (χ0n) is 17.4. The van der Waals surface area contributed by atoms with Crippen molar-refractivity contribution in [2.75, 3.05) is 31.4 Å². The first-order valence-electron chi connectivity index (χ1n) is 9.30. The number of hydrogen-bond acceptors (Lipinski definition) is 10. The molecule has 31 heavy (non-hydrogen) atoms. The van der Waals surface area contributed by atoms with Gasteiger partial charge in [0.2, 0.25) is 5.95 Å². The van der Waals surface area contributed by atoms with Crippen LogP contribution in [0.15, 0.2) is 52.1 Å². The van der Waals surface area contributed by atoms with Gasteiger partial charge in [-0.2, -0.15) is 0 Å². The molecule has 2 N–H and O–H groups in total. The second-order valence-corrected chi connectivity index (χ2v) is 7.30. The van der Waals surface area contributed by atoms with Crippen LogP contribution in [0.4, 0.5) is 17.5 Å². The Morgan fingerprint density at radius 1 is 0.935 bits per heavy atom. The lowest BCUT2D eigenvalue weighted by molar-refractivity contribution is 0.376. The minimum Gasteiger partial charge on any atom is -0.495 e. The fraction of sp³-hybridized carbons (Fsp3) is 0.190. The molecule has 0 atom stereocenters. The van der Waals surface area contributed by atoms with Crippen LogP contribution in [-0.4, -0.2) is 36.5 Å². The van der Waals surface area contributed by atoms with Crippen LogP contribution in [-0.2, 0) is 0 Å². The standard InChI is InChI=1S/C21H21N5O4S/c1-12-10-22-21(23-11-12)24-14-9-17-13(8-18(14)29-4)20(25-30-17)26-31-19-15(27-2)6-5-7-16(19)28-3/h5-11H,1-4H3,(H,25,26)(H,22,23,24). The summed E-state index contributed by atoms with van der Waals surface area (Å²) in [6.45, 7) is 1.93. The fourth-order valence-electron chi connectivity index (χ4n) is 2.90. The normalized spacial score (nSPS) is 10.7. The Morgan fingerprint density at radius 2 is 1.61 bits per heavy atom. The van der Waals surface area contributed by atoms with Gasteiger partial charge in [-0.05, 0) is 42.6 Å². The summed E-state index contributed by atoms with van der Waals surface area (Å²) in [5.74, 6) is 2.98. The Balaban J connectivity index is 1.61. The van der Waals surface area contributed by atoms with Gasteiger partial charge >= 0.3 is 0 Å². The molecule has 0 saturated heterocycles. The van der Waals surface area contributed by atoms with Gasteiger partial charge in [0, 0.05) is 18.5 Å². The van der Waals surface area contributed by atoms with E-state index in [1.807, 2.05) is 31.2 Å². The van der Waals surface area contributed by atoms with Crippen LogP contribution in [0.25, 0.3) is 11.0 Å². The van der Waals surface area contributed by atoms with Gasteiger partial charge in [-0.1, -0.05) is 11.2 Å². The molecule has 4 rings (SSSR count). The topological polar surface area (TPSA) is 104 Å². The number of rotatable bonds is 8.